The van der Waals surface area contributed by atoms with E-state index in [0.29, 0.717) is 25.3 Å². The van der Waals surface area contributed by atoms with E-state index < -0.39 is 12.1 Å². The molecule has 2 amide bonds. The number of aromatic nitrogens is 1. The van der Waals surface area contributed by atoms with Crippen LogP contribution in [0.1, 0.15) is 34.5 Å². The number of carbonyl (C=O) groups is 3. The van der Waals surface area contributed by atoms with Crippen molar-refractivity contribution < 1.29 is 37.1 Å². The molecule has 166 valence electrons. The van der Waals surface area contributed by atoms with Gasteiger partial charge in [-0.25, -0.2) is 4.79 Å². The van der Waals surface area contributed by atoms with Crippen molar-refractivity contribution in [2.24, 2.45) is 0 Å². The summed E-state index contributed by atoms with van der Waals surface area (Å²) in [6.07, 6.45) is 1.15. The molecule has 1 N–H and O–H groups in total. The van der Waals surface area contributed by atoms with Crippen molar-refractivity contribution >= 4 is 17.8 Å². The summed E-state index contributed by atoms with van der Waals surface area (Å²) in [5, 5.41) is 7.12. The Morgan fingerprint density at radius 2 is 2.00 bits per heavy atom. The standard InChI is InChI=1S/C18H19N3O3.C2HF3O2/c1-12-5-8-24-17(12)18(23)20-7-4-14-15(20)9-16(22)21(14)11-13-3-2-6-19-10-13;3-2(4,5)1(6)7/h2-3,5-6,8,10,14-15H,4,7,9,11H2,1H3;(H,6,7)/t14-,15+;/m1./s1. The fourth-order valence-corrected chi connectivity index (χ4v) is 3.80. The number of aryl methyl sites for hydroxylation is 1. The molecule has 0 radical (unpaired) electrons. The SMILES string of the molecule is Cc1ccoc1C(=O)N1CC[C@@H]2[C@@H]1CC(=O)N2Cc1cccnc1.O=C(O)C(F)(F)F. The molecule has 4 rings (SSSR count). The number of carboxylic acid groups (broad SMARTS) is 1. The van der Waals surface area contributed by atoms with Gasteiger partial charge in [-0.2, -0.15) is 13.2 Å². The normalized spacial score (nSPS) is 20.3. The van der Waals surface area contributed by atoms with Gasteiger partial charge in [0.15, 0.2) is 5.76 Å². The van der Waals surface area contributed by atoms with Crippen molar-refractivity contribution in [3.8, 4) is 0 Å². The third-order valence-electron chi connectivity index (χ3n) is 5.25. The molecule has 0 bridgehead atoms. The van der Waals surface area contributed by atoms with E-state index in [-0.39, 0.29) is 23.9 Å². The molecule has 8 nitrogen and oxygen atoms in total. The number of fused-ring (bicyclic) bond motifs is 1. The Bertz CT molecular complexity index is 960. The van der Waals surface area contributed by atoms with E-state index in [1.165, 1.54) is 6.26 Å². The molecule has 2 aliphatic heterocycles. The summed E-state index contributed by atoms with van der Waals surface area (Å²) < 4.78 is 37.1. The van der Waals surface area contributed by atoms with Gasteiger partial charge in [0, 0.05) is 37.5 Å². The zero-order valence-corrected chi connectivity index (χ0v) is 16.5. The zero-order valence-electron chi connectivity index (χ0n) is 16.5. The highest BCUT2D eigenvalue weighted by Crippen LogP contribution is 2.34. The van der Waals surface area contributed by atoms with Crippen LogP contribution in [0.2, 0.25) is 0 Å². The van der Waals surface area contributed by atoms with Crippen molar-refractivity contribution in [1.29, 1.82) is 0 Å². The summed E-state index contributed by atoms with van der Waals surface area (Å²) >= 11 is 0. The lowest BCUT2D eigenvalue weighted by Crippen LogP contribution is -2.39. The first-order chi connectivity index (χ1) is 14.6. The average Bonchev–Trinajstić information content (AvgIpc) is 3.39. The highest BCUT2D eigenvalue weighted by molar-refractivity contribution is 5.94. The summed E-state index contributed by atoms with van der Waals surface area (Å²) in [4.78, 5) is 41.9. The van der Waals surface area contributed by atoms with Gasteiger partial charge in [0.2, 0.25) is 5.91 Å². The number of carboxylic acids is 1. The summed E-state index contributed by atoms with van der Waals surface area (Å²) in [5.41, 5.74) is 1.85. The van der Waals surface area contributed by atoms with E-state index in [0.717, 1.165) is 17.5 Å². The molecule has 2 atom stereocenters. The second-order valence-electron chi connectivity index (χ2n) is 7.24. The predicted octanol–water partition coefficient (Wildman–Crippen LogP) is 2.63. The van der Waals surface area contributed by atoms with Crippen molar-refractivity contribution in [2.75, 3.05) is 6.54 Å². The van der Waals surface area contributed by atoms with Crippen LogP contribution in [0.25, 0.3) is 0 Å². The number of pyridine rings is 1. The third-order valence-corrected chi connectivity index (χ3v) is 5.25. The quantitative estimate of drug-likeness (QED) is 0.789. The predicted molar refractivity (Wildman–Crippen MR) is 99.8 cm³/mol. The fourth-order valence-electron chi connectivity index (χ4n) is 3.80. The zero-order chi connectivity index (χ0) is 22.8. The van der Waals surface area contributed by atoms with Crippen LogP contribution in [0.15, 0.2) is 41.3 Å². The van der Waals surface area contributed by atoms with Gasteiger partial charge >= 0.3 is 12.1 Å². The van der Waals surface area contributed by atoms with Crippen LogP contribution in [-0.4, -0.2) is 62.5 Å². The van der Waals surface area contributed by atoms with Crippen molar-refractivity contribution in [3.63, 3.8) is 0 Å². The van der Waals surface area contributed by atoms with Crippen molar-refractivity contribution in [3.05, 3.63) is 53.7 Å². The van der Waals surface area contributed by atoms with E-state index in [2.05, 4.69) is 4.98 Å². The highest BCUT2D eigenvalue weighted by Gasteiger charge is 2.48. The Morgan fingerprint density at radius 3 is 2.55 bits per heavy atom. The number of hydrogen-bond donors (Lipinski definition) is 1. The number of rotatable bonds is 3. The Balaban J connectivity index is 0.000000339. The molecule has 0 unspecified atom stereocenters. The fraction of sp³-hybridized carbons (Fsp3) is 0.400. The van der Waals surface area contributed by atoms with Crippen LogP contribution in [-0.2, 0) is 16.1 Å². The van der Waals surface area contributed by atoms with Crippen LogP contribution < -0.4 is 0 Å². The first-order valence-corrected chi connectivity index (χ1v) is 9.43. The number of nitrogens with zero attached hydrogens (tertiary/aromatic N) is 3. The maximum absolute atomic E-state index is 12.7. The smallest absolute Gasteiger partial charge is 0.475 e. The minimum Gasteiger partial charge on any atom is -0.475 e. The molecular weight excluding hydrogens is 419 g/mol. The molecular formula is C20H20F3N3O5. The molecule has 2 fully saturated rings. The Labute approximate surface area is 175 Å². The second kappa shape index (κ2) is 8.78. The van der Waals surface area contributed by atoms with Crippen LogP contribution >= 0.6 is 0 Å². The van der Waals surface area contributed by atoms with Crippen molar-refractivity contribution in [1.82, 2.24) is 14.8 Å². The molecule has 11 heteroatoms. The lowest BCUT2D eigenvalue weighted by molar-refractivity contribution is -0.192. The highest BCUT2D eigenvalue weighted by atomic mass is 19.4. The van der Waals surface area contributed by atoms with Crippen LogP contribution in [0, 0.1) is 6.92 Å². The van der Waals surface area contributed by atoms with Gasteiger partial charge in [-0.1, -0.05) is 6.07 Å². The maximum Gasteiger partial charge on any atom is 0.490 e. The minimum atomic E-state index is -5.08. The van der Waals surface area contributed by atoms with E-state index in [4.69, 9.17) is 14.3 Å². The summed E-state index contributed by atoms with van der Waals surface area (Å²) in [6, 6.07) is 5.65. The Kier molecular flexibility index (Phi) is 6.32. The Morgan fingerprint density at radius 1 is 1.29 bits per heavy atom. The Hall–Kier alpha value is -3.37. The first kappa shape index (κ1) is 22.3. The summed E-state index contributed by atoms with van der Waals surface area (Å²) in [5.74, 6) is -2.38. The molecule has 0 spiro atoms. The number of alkyl halides is 3. The second-order valence-corrected chi connectivity index (χ2v) is 7.24. The average molecular weight is 439 g/mol. The summed E-state index contributed by atoms with van der Waals surface area (Å²) in [6.45, 7) is 3.07. The maximum atomic E-state index is 12.7. The number of aliphatic carboxylic acids is 1. The van der Waals surface area contributed by atoms with Crippen LogP contribution in [0.3, 0.4) is 0 Å². The topological polar surface area (TPSA) is 104 Å². The molecule has 2 aromatic rings. The third kappa shape index (κ3) is 4.86. The van der Waals surface area contributed by atoms with Gasteiger partial charge in [0.1, 0.15) is 0 Å². The van der Waals surface area contributed by atoms with Gasteiger partial charge in [-0.15, -0.1) is 0 Å². The van der Waals surface area contributed by atoms with Gasteiger partial charge in [0.25, 0.3) is 5.91 Å². The van der Waals surface area contributed by atoms with Crippen LogP contribution in [0.5, 0.6) is 0 Å². The number of carbonyl (C=O) groups excluding carboxylic acids is 2. The minimum absolute atomic E-state index is 0.0637. The number of hydrogen-bond acceptors (Lipinski definition) is 5. The molecule has 0 aliphatic carbocycles. The molecule has 0 aromatic carbocycles. The van der Waals surface area contributed by atoms with E-state index in [1.807, 2.05) is 24.0 Å². The lowest BCUT2D eigenvalue weighted by Gasteiger charge is -2.25. The molecule has 2 aromatic heterocycles. The van der Waals surface area contributed by atoms with Gasteiger partial charge < -0.3 is 19.3 Å². The number of amides is 2. The van der Waals surface area contributed by atoms with Gasteiger partial charge in [-0.3, -0.25) is 14.6 Å². The molecule has 0 saturated carbocycles. The monoisotopic (exact) mass is 439 g/mol. The van der Waals surface area contributed by atoms with E-state index in [9.17, 15) is 22.8 Å². The van der Waals surface area contributed by atoms with Crippen LogP contribution in [0.4, 0.5) is 13.2 Å². The molecule has 31 heavy (non-hydrogen) atoms. The number of halogens is 3. The molecule has 2 saturated heterocycles. The largest absolute Gasteiger partial charge is 0.490 e. The summed E-state index contributed by atoms with van der Waals surface area (Å²) in [7, 11) is 0. The van der Waals surface area contributed by atoms with E-state index in [1.54, 1.807) is 23.4 Å². The number of furan rings is 1. The first-order valence-electron chi connectivity index (χ1n) is 9.43. The van der Waals surface area contributed by atoms with Crippen molar-refractivity contribution in [2.45, 2.75) is 44.6 Å². The molecule has 2 aliphatic rings. The lowest BCUT2D eigenvalue weighted by atomic mass is 10.1. The van der Waals surface area contributed by atoms with Gasteiger partial charge in [-0.05, 0) is 31.0 Å². The van der Waals surface area contributed by atoms with E-state index >= 15 is 0 Å². The number of likely N-dealkylation sites (tertiary alicyclic amines) is 2. The van der Waals surface area contributed by atoms with Gasteiger partial charge in [0.05, 0.1) is 18.3 Å². The molecule has 4 heterocycles.